The summed E-state index contributed by atoms with van der Waals surface area (Å²) in [6.07, 6.45) is 0. The number of aliphatic carboxylic acids is 1. The highest BCUT2D eigenvalue weighted by atomic mass is 16.5. The van der Waals surface area contributed by atoms with Crippen molar-refractivity contribution < 1.29 is 19.4 Å². The van der Waals surface area contributed by atoms with E-state index in [1.54, 1.807) is 24.7 Å². The van der Waals surface area contributed by atoms with Gasteiger partial charge in [0.05, 0.1) is 20.4 Å². The third-order valence-corrected chi connectivity index (χ3v) is 8.61. The number of rotatable bonds is 4. The molecule has 3 aromatic heterocycles. The van der Waals surface area contributed by atoms with Crippen molar-refractivity contribution in [2.75, 3.05) is 6.61 Å². The maximum absolute atomic E-state index is 11.7. The van der Waals surface area contributed by atoms with Gasteiger partial charge in [0, 0.05) is 38.7 Å². The molecule has 0 saturated heterocycles. The largest absolute Gasteiger partial charge is 0.492 e. The van der Waals surface area contributed by atoms with Crippen molar-refractivity contribution in [2.24, 2.45) is 5.41 Å². The van der Waals surface area contributed by atoms with Gasteiger partial charge in [0.25, 0.3) is 5.69 Å². The Morgan fingerprint density at radius 1 is 0.667 bits per heavy atom. The highest BCUT2D eigenvalue weighted by Gasteiger charge is 2.30. The molecule has 12 nitrogen and oxygen atoms in total. The molecule has 12 heteroatoms. The maximum atomic E-state index is 11.7. The Morgan fingerprint density at radius 3 is 1.90 bits per heavy atom. The molecule has 48 heavy (non-hydrogen) atoms. The molecular formula is C36H26N9O3+. The van der Waals surface area contributed by atoms with Gasteiger partial charge in [0.2, 0.25) is 11.5 Å². The minimum absolute atomic E-state index is 0.0126. The van der Waals surface area contributed by atoms with Crippen LogP contribution in [0.4, 0.5) is 0 Å². The van der Waals surface area contributed by atoms with E-state index in [2.05, 4.69) is 9.97 Å². The molecule has 0 spiro atoms. The maximum Gasteiger partial charge on any atom is 0.312 e. The third kappa shape index (κ3) is 4.37. The molecule has 0 atom stereocenters. The smallest absolute Gasteiger partial charge is 0.312 e. The summed E-state index contributed by atoms with van der Waals surface area (Å²) in [6, 6.07) is 29.1. The normalized spacial score (nSPS) is 12.2. The number of carboxylic acid groups (broad SMARTS) is 1. The van der Waals surface area contributed by atoms with E-state index in [1.807, 2.05) is 84.9 Å². The van der Waals surface area contributed by atoms with Crippen LogP contribution in [0.15, 0.2) is 91.0 Å². The average Bonchev–Trinajstić information content (AvgIpc) is 3.83. The minimum atomic E-state index is -1.07. The molecule has 8 bridgehead atoms. The van der Waals surface area contributed by atoms with Crippen molar-refractivity contribution in [1.82, 2.24) is 40.1 Å². The van der Waals surface area contributed by atoms with Crippen LogP contribution in [0.1, 0.15) is 13.8 Å². The molecule has 7 aromatic rings. The van der Waals surface area contributed by atoms with E-state index in [4.69, 9.17) is 34.9 Å². The van der Waals surface area contributed by atoms with Gasteiger partial charge in [-0.05, 0) is 38.1 Å². The highest BCUT2D eigenvalue weighted by Crippen LogP contribution is 2.35. The van der Waals surface area contributed by atoms with E-state index in [9.17, 15) is 9.90 Å². The van der Waals surface area contributed by atoms with Gasteiger partial charge in [0.1, 0.15) is 34.9 Å². The average molecular weight is 633 g/mol. The molecule has 2 aliphatic heterocycles. The standard InChI is InChI=1S/C36H25N9O3/c1-36(2,35(46)47)18-48-19-15-16-24-26(17-19)34-42-32(24)40-30-21-10-4-3-9-20(21)28(38-30)37-29-22-11-5-6-12-23(22)31(39-29)41-33-25-13-7-8-14-27(25)45(43-33)44-34/h3-17H,18H2,1-2H3,(H2,37,38,39,40,41,42,43,44,46,47)/p+1. The lowest BCUT2D eigenvalue weighted by Gasteiger charge is -2.19. The van der Waals surface area contributed by atoms with Crippen LogP contribution in [0.3, 0.4) is 0 Å². The molecule has 9 rings (SSSR count). The van der Waals surface area contributed by atoms with Gasteiger partial charge in [-0.25, -0.2) is 19.9 Å². The predicted octanol–water partition coefficient (Wildman–Crippen LogP) is 5.97. The van der Waals surface area contributed by atoms with Crippen molar-refractivity contribution in [2.45, 2.75) is 13.8 Å². The van der Waals surface area contributed by atoms with Gasteiger partial charge in [-0.3, -0.25) is 4.79 Å². The van der Waals surface area contributed by atoms with Crippen molar-refractivity contribution in [1.29, 1.82) is 0 Å². The zero-order chi connectivity index (χ0) is 32.6. The molecule has 0 aliphatic carbocycles. The number of nitrogens with zero attached hydrogens (tertiary/aromatic N) is 7. The molecular weight excluding hydrogens is 606 g/mol. The van der Waals surface area contributed by atoms with E-state index in [-0.39, 0.29) is 6.61 Å². The van der Waals surface area contributed by atoms with Crippen LogP contribution in [0, 0.1) is 5.41 Å². The number of para-hydroxylation sites is 1. The van der Waals surface area contributed by atoms with E-state index in [0.717, 1.165) is 38.5 Å². The number of aromatic amines is 2. The van der Waals surface area contributed by atoms with Crippen molar-refractivity contribution in [3.05, 3.63) is 91.0 Å². The van der Waals surface area contributed by atoms with Crippen molar-refractivity contribution in [3.8, 4) is 45.6 Å². The number of hydrogen-bond donors (Lipinski definition) is 3. The summed E-state index contributed by atoms with van der Waals surface area (Å²) in [5.74, 6) is 1.07. The monoisotopic (exact) mass is 632 g/mol. The first kappa shape index (κ1) is 27.7. The SMILES string of the molecule is CC(C)(COc1ccc2c3nc4nc(nc5[nH]c(nc6n[n+](nc([nH]3)c2c1)-c1ccccc1-6)c1ccccc51)-c1ccccc1-4)C(=O)O. The quantitative estimate of drug-likeness (QED) is 0.199. The van der Waals surface area contributed by atoms with Crippen LogP contribution in [-0.2, 0) is 4.79 Å². The van der Waals surface area contributed by atoms with Crippen molar-refractivity contribution in [3.63, 3.8) is 0 Å². The van der Waals surface area contributed by atoms with Gasteiger partial charge in [-0.2, -0.15) is 0 Å². The number of aromatic nitrogens is 9. The first-order chi connectivity index (χ1) is 23.3. The second-order valence-electron chi connectivity index (χ2n) is 12.3. The molecule has 3 N–H and O–H groups in total. The molecule has 2 aliphatic rings. The summed E-state index contributed by atoms with van der Waals surface area (Å²) < 4.78 is 5.98. The fourth-order valence-electron chi connectivity index (χ4n) is 5.94. The summed E-state index contributed by atoms with van der Waals surface area (Å²) in [5.41, 5.74) is 4.47. The number of fused-ring (bicyclic) bond motifs is 20. The molecule has 4 aromatic carbocycles. The molecule has 0 saturated carbocycles. The second kappa shape index (κ2) is 10.2. The Morgan fingerprint density at radius 2 is 1.23 bits per heavy atom. The number of ether oxygens (including phenoxy) is 1. The lowest BCUT2D eigenvalue weighted by Crippen LogP contribution is -2.35. The van der Waals surface area contributed by atoms with Crippen LogP contribution in [0.5, 0.6) is 5.75 Å². The van der Waals surface area contributed by atoms with Gasteiger partial charge in [-0.1, -0.05) is 60.7 Å². The number of carbonyl (C=O) groups is 1. The van der Waals surface area contributed by atoms with Crippen LogP contribution in [0.2, 0.25) is 0 Å². The van der Waals surface area contributed by atoms with Gasteiger partial charge < -0.3 is 19.8 Å². The van der Waals surface area contributed by atoms with Gasteiger partial charge >= 0.3 is 5.97 Å². The van der Waals surface area contributed by atoms with Gasteiger partial charge in [0.15, 0.2) is 11.6 Å². The third-order valence-electron chi connectivity index (χ3n) is 8.61. The second-order valence-corrected chi connectivity index (χ2v) is 12.3. The highest BCUT2D eigenvalue weighted by molar-refractivity contribution is 6.06. The number of H-pyrrole nitrogens is 2. The number of carboxylic acids is 1. The molecule has 5 heterocycles. The summed E-state index contributed by atoms with van der Waals surface area (Å²) in [6.45, 7) is 3.24. The van der Waals surface area contributed by atoms with Crippen LogP contribution in [0.25, 0.3) is 84.0 Å². The number of hydrogen-bond acceptors (Lipinski definition) is 8. The summed E-state index contributed by atoms with van der Waals surface area (Å²) in [4.78, 5) is 40.0. The lowest BCUT2D eigenvalue weighted by atomic mass is 9.95. The fourth-order valence-corrected chi connectivity index (χ4v) is 5.94. The van der Waals surface area contributed by atoms with E-state index in [1.165, 1.54) is 0 Å². The Bertz CT molecular complexity index is 2650. The Labute approximate surface area is 271 Å². The van der Waals surface area contributed by atoms with E-state index >= 15 is 0 Å². The Kier molecular flexibility index (Phi) is 5.91. The van der Waals surface area contributed by atoms with Crippen molar-refractivity contribution >= 4 is 50.1 Å². The Balaban J connectivity index is 1.39. The van der Waals surface area contributed by atoms with Crippen LogP contribution >= 0.6 is 0 Å². The number of nitrogens with one attached hydrogen (secondary N) is 2. The summed E-state index contributed by atoms with van der Waals surface area (Å²) in [7, 11) is 0. The summed E-state index contributed by atoms with van der Waals surface area (Å²) >= 11 is 0. The minimum Gasteiger partial charge on any atom is -0.492 e. The molecule has 0 radical (unpaired) electrons. The zero-order valence-corrected chi connectivity index (χ0v) is 25.8. The molecule has 0 amide bonds. The van der Waals surface area contributed by atoms with E-state index < -0.39 is 11.4 Å². The zero-order valence-electron chi connectivity index (χ0n) is 25.8. The fraction of sp³-hybridized carbons (Fsp3) is 0.111. The summed E-state index contributed by atoms with van der Waals surface area (Å²) in [5, 5.41) is 22.7. The van der Waals surface area contributed by atoms with E-state index in [0.29, 0.717) is 51.2 Å². The lowest BCUT2D eigenvalue weighted by molar-refractivity contribution is -0.711. The van der Waals surface area contributed by atoms with Crippen LogP contribution in [-0.4, -0.2) is 57.8 Å². The predicted molar refractivity (Wildman–Crippen MR) is 179 cm³/mol. The Hall–Kier alpha value is -6.56. The number of benzene rings is 4. The first-order valence-electron chi connectivity index (χ1n) is 15.4. The van der Waals surface area contributed by atoms with Gasteiger partial charge in [-0.15, -0.1) is 0 Å². The molecule has 232 valence electrons. The topological polar surface area (TPSA) is 159 Å². The molecule has 0 unspecified atom stereocenters. The first-order valence-corrected chi connectivity index (χ1v) is 15.4. The molecule has 0 fully saturated rings. The van der Waals surface area contributed by atoms with Crippen LogP contribution < -0.4 is 9.53 Å².